The van der Waals surface area contributed by atoms with Gasteiger partial charge in [0.15, 0.2) is 0 Å². The third-order valence-corrected chi connectivity index (χ3v) is 3.12. The highest BCUT2D eigenvalue weighted by Crippen LogP contribution is 2.14. The zero-order valence-corrected chi connectivity index (χ0v) is 10.9. The van der Waals surface area contributed by atoms with Crippen molar-refractivity contribution in [2.45, 2.75) is 39.2 Å². The maximum atomic E-state index is 11.9. The lowest BCUT2D eigenvalue weighted by Gasteiger charge is -2.27. The van der Waals surface area contributed by atoms with Crippen LogP contribution in [0.25, 0.3) is 0 Å². The van der Waals surface area contributed by atoms with E-state index in [1.165, 1.54) is 6.20 Å². The van der Waals surface area contributed by atoms with Gasteiger partial charge >= 0.3 is 0 Å². The molecule has 1 rings (SSSR count). The van der Waals surface area contributed by atoms with E-state index in [4.69, 9.17) is 0 Å². The molecule has 0 fully saturated rings. The van der Waals surface area contributed by atoms with Crippen molar-refractivity contribution in [2.24, 2.45) is 0 Å². The molecule has 0 atom stereocenters. The van der Waals surface area contributed by atoms with Crippen molar-refractivity contribution in [1.82, 2.24) is 15.3 Å². The molecule has 0 aliphatic heterocycles. The Morgan fingerprint density at radius 1 is 1.29 bits per heavy atom. The third kappa shape index (κ3) is 3.41. The van der Waals surface area contributed by atoms with Crippen molar-refractivity contribution in [3.05, 3.63) is 18.1 Å². The molecule has 0 aliphatic rings. The molecule has 1 heterocycles. The second-order valence-corrected chi connectivity index (χ2v) is 4.26. The molecule has 0 radical (unpaired) electrons. The van der Waals surface area contributed by atoms with Crippen molar-refractivity contribution in [3.8, 4) is 0 Å². The first kappa shape index (κ1) is 13.4. The number of carbonyl (C=O) groups is 1. The summed E-state index contributed by atoms with van der Waals surface area (Å²) in [4.78, 5) is 20.1. The standard InChI is InChI=1S/C12H20N4O/c1-5-12(3,6-2)16-11(17)9-7-15-10(13-4)8-14-9/h7-8H,5-6H2,1-4H3,(H,13,15)(H,16,17). The number of anilines is 1. The minimum absolute atomic E-state index is 0.175. The third-order valence-electron chi connectivity index (χ3n) is 3.12. The molecule has 1 aromatic rings. The fourth-order valence-electron chi connectivity index (χ4n) is 1.34. The summed E-state index contributed by atoms with van der Waals surface area (Å²) < 4.78 is 0. The molecule has 17 heavy (non-hydrogen) atoms. The number of hydrogen-bond donors (Lipinski definition) is 2. The molecule has 5 heteroatoms. The van der Waals surface area contributed by atoms with Gasteiger partial charge in [0.1, 0.15) is 11.5 Å². The van der Waals surface area contributed by atoms with Gasteiger partial charge in [0.25, 0.3) is 5.91 Å². The van der Waals surface area contributed by atoms with Crippen molar-refractivity contribution in [2.75, 3.05) is 12.4 Å². The minimum Gasteiger partial charge on any atom is -0.372 e. The van der Waals surface area contributed by atoms with Gasteiger partial charge in [-0.15, -0.1) is 0 Å². The van der Waals surface area contributed by atoms with E-state index in [-0.39, 0.29) is 11.4 Å². The molecule has 0 aromatic carbocycles. The fraction of sp³-hybridized carbons (Fsp3) is 0.583. The number of nitrogens with zero attached hydrogens (tertiary/aromatic N) is 2. The Morgan fingerprint density at radius 3 is 2.35 bits per heavy atom. The Balaban J connectivity index is 2.75. The normalized spacial score (nSPS) is 11.1. The monoisotopic (exact) mass is 236 g/mol. The molecule has 0 saturated carbocycles. The highest BCUT2D eigenvalue weighted by atomic mass is 16.2. The zero-order valence-electron chi connectivity index (χ0n) is 10.9. The van der Waals surface area contributed by atoms with Gasteiger partial charge in [-0.05, 0) is 19.8 Å². The maximum Gasteiger partial charge on any atom is 0.271 e. The number of nitrogens with one attached hydrogen (secondary N) is 2. The van der Waals surface area contributed by atoms with Crippen LogP contribution in [0.15, 0.2) is 12.4 Å². The number of aromatic nitrogens is 2. The van der Waals surface area contributed by atoms with Gasteiger partial charge in [-0.3, -0.25) is 4.79 Å². The lowest BCUT2D eigenvalue weighted by molar-refractivity contribution is 0.0895. The minimum atomic E-state index is -0.180. The van der Waals surface area contributed by atoms with Gasteiger partial charge in [-0.2, -0.15) is 0 Å². The molecular weight excluding hydrogens is 216 g/mol. The van der Waals surface area contributed by atoms with Gasteiger partial charge in [0.2, 0.25) is 0 Å². The molecule has 5 nitrogen and oxygen atoms in total. The summed E-state index contributed by atoms with van der Waals surface area (Å²) in [5.74, 6) is 0.474. The van der Waals surface area contributed by atoms with E-state index < -0.39 is 0 Å². The number of hydrogen-bond acceptors (Lipinski definition) is 4. The maximum absolute atomic E-state index is 11.9. The molecule has 0 spiro atoms. The van der Waals surface area contributed by atoms with Crippen molar-refractivity contribution in [3.63, 3.8) is 0 Å². The van der Waals surface area contributed by atoms with Gasteiger partial charge in [0, 0.05) is 12.6 Å². The quantitative estimate of drug-likeness (QED) is 0.818. The van der Waals surface area contributed by atoms with Crippen LogP contribution in [0.3, 0.4) is 0 Å². The Labute approximate surface area is 102 Å². The van der Waals surface area contributed by atoms with E-state index in [1.807, 2.05) is 6.92 Å². The lowest BCUT2D eigenvalue weighted by atomic mass is 9.95. The lowest BCUT2D eigenvalue weighted by Crippen LogP contribution is -2.45. The SMILES string of the molecule is CCC(C)(CC)NC(=O)c1cnc(NC)cn1. The van der Waals surface area contributed by atoms with Crippen LogP contribution in [0.1, 0.15) is 44.1 Å². The average molecular weight is 236 g/mol. The summed E-state index contributed by atoms with van der Waals surface area (Å²) in [6, 6.07) is 0. The van der Waals surface area contributed by atoms with Gasteiger partial charge in [0.05, 0.1) is 12.4 Å². The van der Waals surface area contributed by atoms with Gasteiger partial charge in [-0.1, -0.05) is 13.8 Å². The van der Waals surface area contributed by atoms with Crippen LogP contribution in [0.4, 0.5) is 5.82 Å². The van der Waals surface area contributed by atoms with Crippen molar-refractivity contribution < 1.29 is 4.79 Å². The molecule has 1 amide bonds. The smallest absolute Gasteiger partial charge is 0.271 e. The van der Waals surface area contributed by atoms with E-state index in [1.54, 1.807) is 13.2 Å². The van der Waals surface area contributed by atoms with E-state index >= 15 is 0 Å². The van der Waals surface area contributed by atoms with Crippen molar-refractivity contribution in [1.29, 1.82) is 0 Å². The van der Waals surface area contributed by atoms with Crippen LogP contribution in [0, 0.1) is 0 Å². The van der Waals surface area contributed by atoms with Gasteiger partial charge in [-0.25, -0.2) is 9.97 Å². The van der Waals surface area contributed by atoms with Crippen LogP contribution in [-0.2, 0) is 0 Å². The first-order chi connectivity index (χ1) is 8.04. The zero-order chi connectivity index (χ0) is 12.9. The highest BCUT2D eigenvalue weighted by Gasteiger charge is 2.23. The van der Waals surface area contributed by atoms with E-state index in [0.29, 0.717) is 11.5 Å². The predicted octanol–water partition coefficient (Wildman–Crippen LogP) is 1.83. The molecule has 94 valence electrons. The fourth-order valence-corrected chi connectivity index (χ4v) is 1.34. The summed E-state index contributed by atoms with van der Waals surface area (Å²) >= 11 is 0. The van der Waals surface area contributed by atoms with E-state index in [9.17, 15) is 4.79 Å². The number of carbonyl (C=O) groups excluding carboxylic acids is 1. The van der Waals surface area contributed by atoms with Crippen LogP contribution in [0.2, 0.25) is 0 Å². The topological polar surface area (TPSA) is 66.9 Å². The molecule has 2 N–H and O–H groups in total. The number of amides is 1. The second-order valence-electron chi connectivity index (χ2n) is 4.26. The second kappa shape index (κ2) is 5.61. The first-order valence-electron chi connectivity index (χ1n) is 5.87. The summed E-state index contributed by atoms with van der Waals surface area (Å²) in [6.07, 6.45) is 4.80. The number of rotatable bonds is 5. The van der Waals surface area contributed by atoms with Crippen LogP contribution >= 0.6 is 0 Å². The summed E-state index contributed by atoms with van der Waals surface area (Å²) in [5.41, 5.74) is 0.164. The predicted molar refractivity (Wildman–Crippen MR) is 68.0 cm³/mol. The van der Waals surface area contributed by atoms with Gasteiger partial charge < -0.3 is 10.6 Å². The van der Waals surface area contributed by atoms with E-state index in [0.717, 1.165) is 12.8 Å². The molecule has 0 saturated heterocycles. The molecule has 0 aliphatic carbocycles. The van der Waals surface area contributed by atoms with E-state index in [2.05, 4.69) is 34.4 Å². The Kier molecular flexibility index (Phi) is 4.43. The highest BCUT2D eigenvalue weighted by molar-refractivity contribution is 5.92. The van der Waals surface area contributed by atoms with Crippen LogP contribution < -0.4 is 10.6 Å². The van der Waals surface area contributed by atoms with Crippen molar-refractivity contribution >= 4 is 11.7 Å². The Hall–Kier alpha value is -1.65. The van der Waals surface area contributed by atoms with Crippen LogP contribution in [-0.4, -0.2) is 28.5 Å². The Morgan fingerprint density at radius 2 is 1.94 bits per heavy atom. The average Bonchev–Trinajstić information content (AvgIpc) is 2.38. The molecule has 1 aromatic heterocycles. The Bertz CT molecular complexity index is 371. The molecule has 0 unspecified atom stereocenters. The first-order valence-corrected chi connectivity index (χ1v) is 5.87. The molecule has 0 bridgehead atoms. The summed E-state index contributed by atoms with van der Waals surface area (Å²) in [5, 5.41) is 5.84. The molecular formula is C12H20N4O. The summed E-state index contributed by atoms with van der Waals surface area (Å²) in [7, 11) is 1.76. The van der Waals surface area contributed by atoms with Crippen LogP contribution in [0.5, 0.6) is 0 Å². The summed E-state index contributed by atoms with van der Waals surface area (Å²) in [6.45, 7) is 6.14. The largest absolute Gasteiger partial charge is 0.372 e.